The van der Waals surface area contributed by atoms with E-state index in [2.05, 4.69) is 12.1 Å². The molecule has 0 saturated heterocycles. The van der Waals surface area contributed by atoms with Crippen molar-refractivity contribution < 1.29 is 18.0 Å². The van der Waals surface area contributed by atoms with Gasteiger partial charge in [0.25, 0.3) is 5.60 Å². The quantitative estimate of drug-likeness (QED) is 0.429. The van der Waals surface area contributed by atoms with Gasteiger partial charge in [-0.3, -0.25) is 0 Å². The van der Waals surface area contributed by atoms with E-state index in [0.717, 1.165) is 11.3 Å². The minimum Gasteiger partial charge on any atom is -0.374 e. The third kappa shape index (κ3) is 5.04. The molecule has 0 radical (unpaired) electrons. The van der Waals surface area contributed by atoms with Gasteiger partial charge >= 0.3 is 6.18 Å². The van der Waals surface area contributed by atoms with Gasteiger partial charge in [0, 0.05) is 33.4 Å². The van der Waals surface area contributed by atoms with E-state index in [4.69, 9.17) is 28.0 Å². The first-order valence-electron chi connectivity index (χ1n) is 8.30. The molecule has 1 aromatic carbocycles. The predicted molar refractivity (Wildman–Crippen MR) is 108 cm³/mol. The van der Waals surface area contributed by atoms with Gasteiger partial charge in [-0.1, -0.05) is 53.0 Å². The van der Waals surface area contributed by atoms with Crippen molar-refractivity contribution in [1.29, 1.82) is 0 Å². The number of halogens is 5. The summed E-state index contributed by atoms with van der Waals surface area (Å²) in [5, 5.41) is 3.94. The maximum atomic E-state index is 13.9. The highest BCUT2D eigenvalue weighted by atomic mass is 35.5. The number of nitrogens with zero attached hydrogens (tertiary/aromatic N) is 1. The Kier molecular flexibility index (Phi) is 7.33. The van der Waals surface area contributed by atoms with Crippen LogP contribution in [0.2, 0.25) is 10.0 Å². The topological polar surface area (TPSA) is 21.6 Å². The predicted octanol–water partition coefficient (Wildman–Crippen LogP) is 7.52. The Bertz CT molecular complexity index is 769. The van der Waals surface area contributed by atoms with E-state index in [1.54, 1.807) is 11.8 Å². The molecule has 2 rings (SSSR count). The average Bonchev–Trinajstić information content (AvgIpc) is 3.03. The summed E-state index contributed by atoms with van der Waals surface area (Å²) in [4.78, 5) is 6.06. The fraction of sp³-hybridized carbons (Fsp3) is 0.421. The second-order valence-corrected chi connectivity index (χ2v) is 7.94. The van der Waals surface area contributed by atoms with E-state index in [-0.39, 0.29) is 22.0 Å². The minimum absolute atomic E-state index is 0.114. The van der Waals surface area contributed by atoms with E-state index in [1.165, 1.54) is 23.8 Å². The molecule has 0 aliphatic carbocycles. The molecule has 0 amide bonds. The van der Waals surface area contributed by atoms with Gasteiger partial charge in [0.05, 0.1) is 5.71 Å². The number of benzene rings is 1. The van der Waals surface area contributed by atoms with Crippen molar-refractivity contribution >= 4 is 40.7 Å². The molecule has 0 fully saturated rings. The second kappa shape index (κ2) is 8.93. The lowest BCUT2D eigenvalue weighted by Gasteiger charge is -2.29. The summed E-state index contributed by atoms with van der Waals surface area (Å²) in [5.41, 5.74) is -1.18. The number of rotatable bonds is 6. The molecular formula is C19H20Cl2F3NOS. The van der Waals surface area contributed by atoms with Crippen molar-refractivity contribution in [2.75, 3.05) is 6.26 Å². The van der Waals surface area contributed by atoms with Crippen molar-refractivity contribution in [2.24, 2.45) is 5.16 Å². The molecule has 1 atom stereocenters. The molecular weight excluding hydrogens is 418 g/mol. The summed E-state index contributed by atoms with van der Waals surface area (Å²) < 4.78 is 41.6. The largest absolute Gasteiger partial charge is 0.435 e. The summed E-state index contributed by atoms with van der Waals surface area (Å²) in [7, 11) is 0. The molecule has 0 bridgehead atoms. The number of allylic oxidation sites excluding steroid dienone is 3. The summed E-state index contributed by atoms with van der Waals surface area (Å²) in [5.74, 6) is 0. The van der Waals surface area contributed by atoms with Crippen molar-refractivity contribution in [1.82, 2.24) is 0 Å². The Morgan fingerprint density at radius 3 is 2.44 bits per heavy atom. The standard InChI is InChI=1S/C19H20Cl2F3NOS/c1-4-12(2)17(27-3)7-5-6-16-11-18(26-25-16,19(22,23)24)13-8-14(20)10-15(21)9-13/h5,7-10H,4,6,11H2,1-3H3/b7-5-,17-12+. The van der Waals surface area contributed by atoms with Crippen molar-refractivity contribution in [2.45, 2.75) is 44.9 Å². The van der Waals surface area contributed by atoms with Crippen LogP contribution in [0.3, 0.4) is 0 Å². The van der Waals surface area contributed by atoms with Gasteiger partial charge in [0.15, 0.2) is 0 Å². The molecule has 27 heavy (non-hydrogen) atoms. The third-order valence-electron chi connectivity index (χ3n) is 4.36. The first-order chi connectivity index (χ1) is 12.6. The summed E-state index contributed by atoms with van der Waals surface area (Å²) in [6.07, 6.45) is 1.80. The smallest absolute Gasteiger partial charge is 0.374 e. The van der Waals surface area contributed by atoms with Crippen molar-refractivity contribution in [3.63, 3.8) is 0 Å². The first kappa shape index (κ1) is 22.2. The molecule has 0 N–H and O–H groups in total. The van der Waals surface area contributed by atoms with Gasteiger partial charge in [0.2, 0.25) is 0 Å². The van der Waals surface area contributed by atoms with E-state index in [9.17, 15) is 13.2 Å². The average molecular weight is 438 g/mol. The van der Waals surface area contributed by atoms with Crippen LogP contribution < -0.4 is 0 Å². The van der Waals surface area contributed by atoms with Gasteiger partial charge < -0.3 is 4.84 Å². The van der Waals surface area contributed by atoms with Gasteiger partial charge in [-0.25, -0.2) is 0 Å². The first-order valence-corrected chi connectivity index (χ1v) is 10.3. The van der Waals surface area contributed by atoms with E-state index < -0.39 is 18.2 Å². The fourth-order valence-electron chi connectivity index (χ4n) is 2.72. The van der Waals surface area contributed by atoms with Crippen LogP contribution in [0, 0.1) is 0 Å². The SMILES string of the molecule is CC/C(C)=C(\C=C/CC1=NOC(c2cc(Cl)cc(Cl)c2)(C(F)(F)F)C1)SC. The molecule has 0 aromatic heterocycles. The Morgan fingerprint density at radius 1 is 1.30 bits per heavy atom. The second-order valence-electron chi connectivity index (χ2n) is 6.22. The van der Waals surface area contributed by atoms with Crippen molar-refractivity contribution in [3.05, 3.63) is 56.4 Å². The lowest BCUT2D eigenvalue weighted by Crippen LogP contribution is -2.42. The highest BCUT2D eigenvalue weighted by Gasteiger charge is 2.62. The maximum Gasteiger partial charge on any atom is 0.435 e. The Hall–Kier alpha value is -1.11. The number of hydrogen-bond donors (Lipinski definition) is 0. The molecule has 1 heterocycles. The van der Waals surface area contributed by atoms with Gasteiger partial charge in [-0.2, -0.15) is 13.2 Å². The van der Waals surface area contributed by atoms with E-state index in [1.807, 2.05) is 25.3 Å². The molecule has 1 aliphatic rings. The van der Waals surface area contributed by atoms with E-state index >= 15 is 0 Å². The van der Waals surface area contributed by atoms with Crippen LogP contribution >= 0.6 is 35.0 Å². The minimum atomic E-state index is -4.67. The van der Waals surface area contributed by atoms with Crippen LogP contribution in [-0.4, -0.2) is 18.1 Å². The van der Waals surface area contributed by atoms with Crippen LogP contribution in [0.1, 0.15) is 38.7 Å². The van der Waals surface area contributed by atoms with Crippen LogP contribution in [0.25, 0.3) is 0 Å². The summed E-state index contributed by atoms with van der Waals surface area (Å²) in [6, 6.07) is 3.81. The Labute approximate surface area is 171 Å². The molecule has 2 nitrogen and oxygen atoms in total. The molecule has 0 saturated carbocycles. The normalized spacial score (nSPS) is 21.3. The number of oxime groups is 1. The number of hydrogen-bond acceptors (Lipinski definition) is 3. The molecule has 148 valence electrons. The molecule has 0 spiro atoms. The highest BCUT2D eigenvalue weighted by molar-refractivity contribution is 8.02. The molecule has 1 aliphatic heterocycles. The zero-order valence-corrected chi connectivity index (χ0v) is 17.5. The van der Waals surface area contributed by atoms with Gasteiger partial charge in [-0.05, 0) is 37.8 Å². The molecule has 1 unspecified atom stereocenters. The van der Waals surface area contributed by atoms with Crippen LogP contribution in [0.4, 0.5) is 13.2 Å². The fourth-order valence-corrected chi connectivity index (χ4v) is 3.97. The van der Waals surface area contributed by atoms with Gasteiger partial charge in [0.1, 0.15) is 0 Å². The third-order valence-corrected chi connectivity index (χ3v) is 5.72. The monoisotopic (exact) mass is 437 g/mol. The van der Waals surface area contributed by atoms with Crippen molar-refractivity contribution in [3.8, 4) is 0 Å². The van der Waals surface area contributed by atoms with Crippen LogP contribution in [0.15, 0.2) is 46.0 Å². The van der Waals surface area contributed by atoms with Crippen LogP contribution in [0.5, 0.6) is 0 Å². The Morgan fingerprint density at radius 2 is 1.93 bits per heavy atom. The highest BCUT2D eigenvalue weighted by Crippen LogP contribution is 2.49. The van der Waals surface area contributed by atoms with E-state index in [0.29, 0.717) is 5.71 Å². The molecule has 1 aromatic rings. The lowest BCUT2D eigenvalue weighted by atomic mass is 9.87. The lowest BCUT2D eigenvalue weighted by molar-refractivity contribution is -0.275. The Balaban J connectivity index is 2.24. The summed E-state index contributed by atoms with van der Waals surface area (Å²) >= 11 is 13.4. The molecule has 8 heteroatoms. The van der Waals surface area contributed by atoms with Gasteiger partial charge in [-0.15, -0.1) is 11.8 Å². The van der Waals surface area contributed by atoms with Crippen LogP contribution in [-0.2, 0) is 10.4 Å². The number of alkyl halides is 3. The number of thioether (sulfide) groups is 1. The summed E-state index contributed by atoms with van der Waals surface area (Å²) in [6.45, 7) is 4.09. The maximum absolute atomic E-state index is 13.9. The zero-order chi connectivity index (χ0) is 20.2. The zero-order valence-electron chi connectivity index (χ0n) is 15.2.